The van der Waals surface area contributed by atoms with Crippen LogP contribution < -0.4 is 0 Å². The molecule has 4 heterocycles. The number of non-ortho nitro benzene ring substituents is 1. The summed E-state index contributed by atoms with van der Waals surface area (Å²) in [5, 5.41) is 19.9. The normalized spacial score (nSPS) is 30.8. The second kappa shape index (κ2) is 7.14. The summed E-state index contributed by atoms with van der Waals surface area (Å²) < 4.78 is 0. The van der Waals surface area contributed by atoms with E-state index >= 15 is 0 Å². The third-order valence-corrected chi connectivity index (χ3v) is 5.80. The molecule has 8 heteroatoms. The molecule has 6 rings (SSSR count). The highest BCUT2D eigenvalue weighted by atomic mass is 16.6. The van der Waals surface area contributed by atoms with Gasteiger partial charge < -0.3 is 0 Å². The Kier molecular flexibility index (Phi) is 4.46. The second-order valence-corrected chi connectivity index (χ2v) is 8.10. The average Bonchev–Trinajstić information content (AvgIpc) is 2.71. The quantitative estimate of drug-likeness (QED) is 0.444. The van der Waals surface area contributed by atoms with E-state index in [-0.39, 0.29) is 11.1 Å². The number of hydrogen-bond donors (Lipinski definition) is 0. The van der Waals surface area contributed by atoms with Gasteiger partial charge in [0.05, 0.1) is 42.3 Å². The predicted molar refractivity (Wildman–Crippen MR) is 111 cm³/mol. The molecule has 0 aliphatic carbocycles. The monoisotopic (exact) mass is 390 g/mol. The number of hydrogen-bond acceptors (Lipinski definition) is 7. The van der Waals surface area contributed by atoms with Gasteiger partial charge in [-0.05, 0) is 23.3 Å². The molecule has 2 aromatic rings. The van der Waals surface area contributed by atoms with Crippen LogP contribution in [0.2, 0.25) is 0 Å². The first-order valence-corrected chi connectivity index (χ1v) is 9.70. The maximum absolute atomic E-state index is 10.8. The van der Waals surface area contributed by atoms with E-state index in [0.29, 0.717) is 0 Å². The highest BCUT2D eigenvalue weighted by Gasteiger charge is 2.51. The molecule has 0 aromatic heterocycles. The van der Waals surface area contributed by atoms with Gasteiger partial charge in [0.2, 0.25) is 0 Å². The Morgan fingerprint density at radius 2 is 1.52 bits per heavy atom. The molecule has 0 amide bonds. The molecule has 0 radical (unpaired) electrons. The Balaban J connectivity index is 1.47. The summed E-state index contributed by atoms with van der Waals surface area (Å²) in [6, 6.07) is 16.6. The van der Waals surface area contributed by atoms with E-state index in [4.69, 9.17) is 5.10 Å². The van der Waals surface area contributed by atoms with Crippen LogP contribution in [0.4, 0.5) is 5.69 Å². The van der Waals surface area contributed by atoms with Crippen molar-refractivity contribution in [3.63, 3.8) is 0 Å². The van der Waals surface area contributed by atoms with Gasteiger partial charge in [-0.15, -0.1) is 0 Å². The zero-order valence-corrected chi connectivity index (χ0v) is 16.0. The minimum atomic E-state index is -0.403. The van der Waals surface area contributed by atoms with E-state index in [9.17, 15) is 10.1 Å². The van der Waals surface area contributed by atoms with E-state index in [2.05, 4.69) is 31.9 Å². The highest BCUT2D eigenvalue weighted by molar-refractivity contribution is 6.05. The van der Waals surface area contributed by atoms with Crippen molar-refractivity contribution in [2.45, 2.75) is 0 Å². The molecular weight excluding hydrogens is 368 g/mol. The number of benzene rings is 2. The van der Waals surface area contributed by atoms with Crippen LogP contribution in [0.5, 0.6) is 0 Å². The first-order valence-electron chi connectivity index (χ1n) is 9.70. The van der Waals surface area contributed by atoms with Crippen LogP contribution >= 0.6 is 0 Å². The van der Waals surface area contributed by atoms with Gasteiger partial charge in [-0.25, -0.2) is 0 Å². The summed E-state index contributed by atoms with van der Waals surface area (Å²) >= 11 is 0. The summed E-state index contributed by atoms with van der Waals surface area (Å²) in [4.78, 5) is 17.8. The SMILES string of the molecule is O=[N+]([O-])c1ccc(/C=N\N=C(\c2ccccc2)C23CN4CN(CN(C4)C2)C3)cc1. The zero-order chi connectivity index (χ0) is 19.8. The Morgan fingerprint density at radius 1 is 0.931 bits per heavy atom. The van der Waals surface area contributed by atoms with Gasteiger partial charge >= 0.3 is 0 Å². The van der Waals surface area contributed by atoms with Crippen LogP contribution in [0.15, 0.2) is 64.8 Å². The van der Waals surface area contributed by atoms with Gasteiger partial charge in [-0.1, -0.05) is 30.3 Å². The minimum absolute atomic E-state index is 0.0665. The van der Waals surface area contributed by atoms with Crippen molar-refractivity contribution in [1.82, 2.24) is 14.7 Å². The van der Waals surface area contributed by atoms with Gasteiger partial charge in [0.25, 0.3) is 5.69 Å². The maximum atomic E-state index is 10.8. The largest absolute Gasteiger partial charge is 0.276 e. The first kappa shape index (κ1) is 18.1. The van der Waals surface area contributed by atoms with Gasteiger partial charge in [0, 0.05) is 31.8 Å². The summed E-state index contributed by atoms with van der Waals surface area (Å²) in [5.41, 5.74) is 2.90. The molecule has 8 nitrogen and oxygen atoms in total. The van der Waals surface area contributed by atoms with Gasteiger partial charge in [-0.2, -0.15) is 10.2 Å². The lowest BCUT2D eigenvalue weighted by molar-refractivity contribution is -0.384. The molecule has 4 aliphatic heterocycles. The lowest BCUT2D eigenvalue weighted by Gasteiger charge is -2.60. The van der Waals surface area contributed by atoms with E-state index in [1.54, 1.807) is 18.3 Å². The van der Waals surface area contributed by atoms with Crippen LogP contribution in [0.1, 0.15) is 11.1 Å². The fraction of sp³-hybridized carbons (Fsp3) is 0.333. The fourth-order valence-corrected chi connectivity index (χ4v) is 4.84. The molecule has 0 spiro atoms. The molecule has 29 heavy (non-hydrogen) atoms. The van der Waals surface area contributed by atoms with Crippen molar-refractivity contribution in [2.24, 2.45) is 15.6 Å². The molecule has 2 aromatic carbocycles. The molecule has 0 unspecified atom stereocenters. The van der Waals surface area contributed by atoms with Crippen LogP contribution in [-0.4, -0.2) is 71.2 Å². The van der Waals surface area contributed by atoms with Crippen molar-refractivity contribution in [3.8, 4) is 0 Å². The van der Waals surface area contributed by atoms with Crippen LogP contribution in [0.25, 0.3) is 0 Å². The van der Waals surface area contributed by atoms with Crippen molar-refractivity contribution < 1.29 is 4.92 Å². The highest BCUT2D eigenvalue weighted by Crippen LogP contribution is 2.38. The molecule has 0 N–H and O–H groups in total. The fourth-order valence-electron chi connectivity index (χ4n) is 4.84. The van der Waals surface area contributed by atoms with E-state index < -0.39 is 4.92 Å². The summed E-state index contributed by atoms with van der Waals surface area (Å²) in [6.07, 6.45) is 1.66. The Morgan fingerprint density at radius 3 is 2.07 bits per heavy atom. The van der Waals surface area contributed by atoms with Gasteiger partial charge in [0.15, 0.2) is 0 Å². The maximum Gasteiger partial charge on any atom is 0.269 e. The molecule has 0 saturated carbocycles. The van der Waals surface area contributed by atoms with Gasteiger partial charge in [0.1, 0.15) is 0 Å². The van der Waals surface area contributed by atoms with Crippen LogP contribution in [0, 0.1) is 15.5 Å². The van der Waals surface area contributed by atoms with Crippen molar-refractivity contribution in [3.05, 3.63) is 75.8 Å². The number of nitro groups is 1. The number of rotatable bonds is 5. The van der Waals surface area contributed by atoms with E-state index in [1.807, 2.05) is 18.2 Å². The van der Waals surface area contributed by atoms with Crippen molar-refractivity contribution >= 4 is 17.6 Å². The van der Waals surface area contributed by atoms with Crippen molar-refractivity contribution in [2.75, 3.05) is 39.6 Å². The first-order chi connectivity index (χ1) is 14.1. The molecule has 148 valence electrons. The molecule has 0 atom stereocenters. The topological polar surface area (TPSA) is 77.6 Å². The predicted octanol–water partition coefficient (Wildman–Crippen LogP) is 2.22. The van der Waals surface area contributed by atoms with E-state index in [0.717, 1.165) is 56.5 Å². The molecule has 4 aliphatic rings. The minimum Gasteiger partial charge on any atom is -0.276 e. The summed E-state index contributed by atoms with van der Waals surface area (Å²) in [5.74, 6) is 0. The second-order valence-electron chi connectivity index (χ2n) is 8.10. The molecule has 4 fully saturated rings. The summed E-state index contributed by atoms with van der Waals surface area (Å²) in [6.45, 7) is 6.02. The Hall–Kier alpha value is -2.94. The third kappa shape index (κ3) is 3.46. The Bertz CT molecular complexity index is 935. The lowest BCUT2D eigenvalue weighted by atomic mass is 9.74. The molecule has 4 saturated heterocycles. The number of nitro benzene ring substituents is 1. The smallest absolute Gasteiger partial charge is 0.269 e. The van der Waals surface area contributed by atoms with Crippen LogP contribution in [0.3, 0.4) is 0 Å². The zero-order valence-electron chi connectivity index (χ0n) is 16.0. The average molecular weight is 390 g/mol. The molecular formula is C21H22N6O2. The lowest BCUT2D eigenvalue weighted by Crippen LogP contribution is -2.74. The third-order valence-electron chi connectivity index (χ3n) is 5.80. The molecule has 4 bridgehead atoms. The number of nitrogens with zero attached hydrogens (tertiary/aromatic N) is 6. The summed E-state index contributed by atoms with van der Waals surface area (Å²) in [7, 11) is 0. The van der Waals surface area contributed by atoms with E-state index in [1.165, 1.54) is 12.1 Å². The Labute approximate surface area is 168 Å². The van der Waals surface area contributed by atoms with Crippen molar-refractivity contribution in [1.29, 1.82) is 0 Å². The van der Waals surface area contributed by atoms with Gasteiger partial charge in [-0.3, -0.25) is 24.8 Å². The van der Waals surface area contributed by atoms with Crippen LogP contribution in [-0.2, 0) is 0 Å². The standard InChI is InChI=1S/C21H22N6O2/c28-27(29)19-8-6-17(7-9-19)10-22-23-20(18-4-2-1-3-5-18)21-11-24-14-25(12-21)16-26(13-21)15-24/h1-10H,11-16H2/b22-10-,23-20-.